The van der Waals surface area contributed by atoms with Crippen molar-refractivity contribution in [2.45, 2.75) is 13.8 Å². The number of methoxy groups -OCH3 is 2. The Morgan fingerprint density at radius 3 is 2.67 bits per heavy atom. The Morgan fingerprint density at radius 2 is 2.03 bits per heavy atom. The molecule has 0 saturated carbocycles. The van der Waals surface area contributed by atoms with E-state index in [0.717, 1.165) is 11.3 Å². The van der Waals surface area contributed by atoms with Crippen molar-refractivity contribution in [2.75, 3.05) is 20.8 Å². The van der Waals surface area contributed by atoms with Gasteiger partial charge in [0.15, 0.2) is 17.3 Å². The predicted molar refractivity (Wildman–Crippen MR) is 119 cm³/mol. The quantitative estimate of drug-likeness (QED) is 0.518. The molecule has 0 unspecified atom stereocenters. The summed E-state index contributed by atoms with van der Waals surface area (Å²) in [5.41, 5.74) is 0.761. The van der Waals surface area contributed by atoms with Gasteiger partial charge in [0, 0.05) is 0 Å². The number of carbonyl (C=O) groups excluding carboxylic acids is 1. The number of rotatable bonds is 6. The molecule has 2 heterocycles. The third kappa shape index (κ3) is 4.16. The topological polar surface area (TPSA) is 90.5 Å². The maximum absolute atomic E-state index is 12.6. The molecule has 0 fully saturated rings. The summed E-state index contributed by atoms with van der Waals surface area (Å²) in [7, 11) is 2.99. The molecule has 7 nitrogen and oxygen atoms in total. The molecule has 1 aromatic carbocycles. The molecule has 0 amide bonds. The largest absolute Gasteiger partial charge is 0.493 e. The number of hydrogen-bond acceptors (Lipinski definition) is 7. The number of carbonyl (C=O) groups is 1. The van der Waals surface area contributed by atoms with Gasteiger partial charge in [0.2, 0.25) is 0 Å². The molecule has 30 heavy (non-hydrogen) atoms. The first kappa shape index (κ1) is 22.1. The van der Waals surface area contributed by atoms with E-state index < -0.39 is 11.5 Å². The standard InChI is InChI=1S/C20H18Cl2N2O5S/c1-5-29-20(26)16-9(2)14-18(25)23-17(24-19(14)30-16)12(22)7-10-6-11(21)15(28-4)13(8-10)27-3/h6-8H,5H2,1-4H3,(H,23,24,25)/b12-7-. The Kier molecular flexibility index (Phi) is 6.70. The van der Waals surface area contributed by atoms with Crippen LogP contribution >= 0.6 is 34.5 Å². The summed E-state index contributed by atoms with van der Waals surface area (Å²) < 4.78 is 15.5. The van der Waals surface area contributed by atoms with E-state index in [-0.39, 0.29) is 17.5 Å². The number of H-pyrrole nitrogens is 1. The zero-order valence-electron chi connectivity index (χ0n) is 16.6. The molecule has 0 atom stereocenters. The van der Waals surface area contributed by atoms with Crippen LogP contribution in [0.15, 0.2) is 16.9 Å². The van der Waals surface area contributed by atoms with E-state index in [1.54, 1.807) is 32.1 Å². The summed E-state index contributed by atoms with van der Waals surface area (Å²) in [4.78, 5) is 32.6. The van der Waals surface area contributed by atoms with Crippen LogP contribution in [0.5, 0.6) is 11.5 Å². The fourth-order valence-corrected chi connectivity index (χ4v) is 4.47. The molecule has 0 spiro atoms. The van der Waals surface area contributed by atoms with Gasteiger partial charge in [0.05, 0.1) is 36.3 Å². The van der Waals surface area contributed by atoms with Crippen LogP contribution in [-0.4, -0.2) is 36.8 Å². The highest BCUT2D eigenvalue weighted by Gasteiger charge is 2.20. The molecule has 0 saturated heterocycles. The highest BCUT2D eigenvalue weighted by atomic mass is 35.5. The summed E-state index contributed by atoms with van der Waals surface area (Å²) in [6.07, 6.45) is 1.59. The number of benzene rings is 1. The number of nitrogens with zero attached hydrogens (tertiary/aromatic N) is 1. The molecular formula is C20H18Cl2N2O5S. The summed E-state index contributed by atoms with van der Waals surface area (Å²) in [6, 6.07) is 3.34. The minimum Gasteiger partial charge on any atom is -0.493 e. The summed E-state index contributed by atoms with van der Waals surface area (Å²) >= 11 is 13.7. The van der Waals surface area contributed by atoms with Gasteiger partial charge in [-0.1, -0.05) is 23.2 Å². The molecule has 3 rings (SSSR count). The van der Waals surface area contributed by atoms with Crippen LogP contribution in [0, 0.1) is 6.92 Å². The zero-order valence-corrected chi connectivity index (χ0v) is 18.9. The van der Waals surface area contributed by atoms with Crippen molar-refractivity contribution >= 4 is 61.8 Å². The molecule has 0 radical (unpaired) electrons. The fraction of sp³-hybridized carbons (Fsp3) is 0.250. The van der Waals surface area contributed by atoms with Crippen molar-refractivity contribution in [1.29, 1.82) is 0 Å². The third-order valence-electron chi connectivity index (χ3n) is 4.24. The third-order valence-corrected chi connectivity index (χ3v) is 5.97. The Morgan fingerprint density at radius 1 is 1.30 bits per heavy atom. The second-order valence-electron chi connectivity index (χ2n) is 6.10. The van der Waals surface area contributed by atoms with Crippen LogP contribution in [0.2, 0.25) is 5.02 Å². The van der Waals surface area contributed by atoms with Crippen molar-refractivity contribution in [2.24, 2.45) is 0 Å². The van der Waals surface area contributed by atoms with Gasteiger partial charge in [-0.05, 0) is 43.2 Å². The molecule has 1 N–H and O–H groups in total. The number of aryl methyl sites for hydroxylation is 1. The highest BCUT2D eigenvalue weighted by Crippen LogP contribution is 2.37. The van der Waals surface area contributed by atoms with Crippen LogP contribution < -0.4 is 15.0 Å². The number of aromatic nitrogens is 2. The molecule has 0 bridgehead atoms. The minimum atomic E-state index is -0.486. The van der Waals surface area contributed by atoms with Gasteiger partial charge < -0.3 is 19.2 Å². The molecule has 158 valence electrons. The molecular weight excluding hydrogens is 451 g/mol. The Bertz CT molecular complexity index is 1220. The van der Waals surface area contributed by atoms with Crippen molar-refractivity contribution in [3.8, 4) is 11.5 Å². The van der Waals surface area contributed by atoms with Gasteiger partial charge in [-0.25, -0.2) is 9.78 Å². The second-order valence-corrected chi connectivity index (χ2v) is 7.92. The Labute approximate surface area is 186 Å². The smallest absolute Gasteiger partial charge is 0.348 e. The van der Waals surface area contributed by atoms with Gasteiger partial charge in [0.25, 0.3) is 5.56 Å². The number of hydrogen-bond donors (Lipinski definition) is 1. The lowest BCUT2D eigenvalue weighted by Gasteiger charge is -2.10. The van der Waals surface area contributed by atoms with Gasteiger partial charge >= 0.3 is 5.97 Å². The summed E-state index contributed by atoms with van der Waals surface area (Å²) in [5.74, 6) is 0.517. The number of halogens is 2. The Hall–Kier alpha value is -2.55. The van der Waals surface area contributed by atoms with Gasteiger partial charge in [-0.15, -0.1) is 11.3 Å². The van der Waals surface area contributed by atoms with E-state index in [9.17, 15) is 9.59 Å². The van der Waals surface area contributed by atoms with E-state index in [0.29, 0.717) is 42.7 Å². The molecule has 0 aliphatic carbocycles. The van der Waals surface area contributed by atoms with E-state index >= 15 is 0 Å². The zero-order chi connectivity index (χ0) is 22.0. The van der Waals surface area contributed by atoms with Crippen LogP contribution in [-0.2, 0) is 4.74 Å². The summed E-state index contributed by atoms with van der Waals surface area (Å²) in [6.45, 7) is 3.64. The molecule has 10 heteroatoms. The molecule has 2 aromatic heterocycles. The van der Waals surface area contributed by atoms with Crippen molar-refractivity contribution in [1.82, 2.24) is 9.97 Å². The van der Waals surface area contributed by atoms with Crippen molar-refractivity contribution < 1.29 is 19.0 Å². The number of fused-ring (bicyclic) bond motifs is 1. The number of thiophene rings is 1. The van der Waals surface area contributed by atoms with E-state index in [4.69, 9.17) is 37.4 Å². The molecule has 3 aromatic rings. The number of aromatic amines is 1. The first-order valence-electron chi connectivity index (χ1n) is 8.80. The first-order chi connectivity index (χ1) is 14.3. The van der Waals surface area contributed by atoms with Crippen molar-refractivity contribution in [3.05, 3.63) is 49.3 Å². The minimum absolute atomic E-state index is 0.164. The van der Waals surface area contributed by atoms with Crippen LogP contribution in [0.25, 0.3) is 21.3 Å². The maximum atomic E-state index is 12.6. The lowest BCUT2D eigenvalue weighted by molar-refractivity contribution is 0.0531. The SMILES string of the molecule is CCOC(=O)c1sc2nc(/C(Cl)=C/c3cc(Cl)c(OC)c(OC)c3)[nH]c(=O)c2c1C. The highest BCUT2D eigenvalue weighted by molar-refractivity contribution is 7.20. The maximum Gasteiger partial charge on any atom is 0.348 e. The first-order valence-corrected chi connectivity index (χ1v) is 10.4. The monoisotopic (exact) mass is 468 g/mol. The number of ether oxygens (including phenoxy) is 3. The van der Waals surface area contributed by atoms with Crippen molar-refractivity contribution in [3.63, 3.8) is 0 Å². The van der Waals surface area contributed by atoms with E-state index in [2.05, 4.69) is 9.97 Å². The van der Waals surface area contributed by atoms with E-state index in [1.165, 1.54) is 14.2 Å². The summed E-state index contributed by atoms with van der Waals surface area (Å²) in [5, 5.41) is 0.865. The van der Waals surface area contributed by atoms with Crippen LogP contribution in [0.4, 0.5) is 0 Å². The normalized spacial score (nSPS) is 11.6. The van der Waals surface area contributed by atoms with Crippen LogP contribution in [0.1, 0.15) is 33.5 Å². The predicted octanol–water partition coefficient (Wildman–Crippen LogP) is 4.88. The number of esters is 1. The van der Waals surface area contributed by atoms with E-state index in [1.807, 2.05) is 0 Å². The van der Waals surface area contributed by atoms with Crippen LogP contribution in [0.3, 0.4) is 0 Å². The lowest BCUT2D eigenvalue weighted by Crippen LogP contribution is -2.11. The molecule has 0 aliphatic heterocycles. The molecule has 0 aliphatic rings. The number of nitrogens with one attached hydrogen (secondary N) is 1. The lowest BCUT2D eigenvalue weighted by atomic mass is 10.1. The average molecular weight is 469 g/mol. The average Bonchev–Trinajstić information content (AvgIpc) is 3.04. The Balaban J connectivity index is 2.07. The second kappa shape index (κ2) is 9.07. The van der Waals surface area contributed by atoms with Gasteiger partial charge in [-0.2, -0.15) is 0 Å². The van der Waals surface area contributed by atoms with Gasteiger partial charge in [-0.3, -0.25) is 4.79 Å². The fourth-order valence-electron chi connectivity index (χ4n) is 2.88. The van der Waals surface area contributed by atoms with Gasteiger partial charge in [0.1, 0.15) is 9.71 Å².